The van der Waals surface area contributed by atoms with Crippen molar-refractivity contribution in [1.82, 2.24) is 81.6 Å². The van der Waals surface area contributed by atoms with Crippen LogP contribution in [0.2, 0.25) is 0 Å². The summed E-state index contributed by atoms with van der Waals surface area (Å²) in [6.07, 6.45) is 4.64. The zero-order valence-electron chi connectivity index (χ0n) is 63.5. The molecule has 5 rings (SSSR count). The smallest absolute Gasteiger partial charge is 0.317 e. The molecule has 0 aliphatic heterocycles. The van der Waals surface area contributed by atoms with Crippen molar-refractivity contribution in [2.24, 2.45) is 0 Å². The number of carbonyl (C=O) groups excluding carboxylic acids is 5. The SMILES string of the molecule is CNC(=O)[C@H](Cc1cnc[nH]1)NC(=O)[C@H](Cc1c[nH]c2ccccc12)NC(=O)[C@H](CCCCNC(=O)CNC(=S)Nc1ccc(CC(CN(CCN(CC(=O)O)CC(=O)O)CC(=O)O)N(CC(=O)O)CC(=O)O)cc1)NC(=O)CNC(=S)Nc1ccc(CC(CN(CCN(CC(=O)O)CC(=O)O)CC(=O)O)N(CC(=O)O)CC(=O)O)cc1. The molecule has 5 aromatic rings. The van der Waals surface area contributed by atoms with E-state index in [0.717, 1.165) is 30.5 Å². The van der Waals surface area contributed by atoms with E-state index >= 15 is 0 Å². The van der Waals surface area contributed by atoms with Gasteiger partial charge in [-0.25, -0.2) is 4.98 Å². The molecule has 0 fully saturated rings. The number of rotatable bonds is 57. The number of hydrogen-bond acceptors (Lipinski definition) is 24. The number of fused-ring (bicyclic) bond motifs is 1. The zero-order chi connectivity index (χ0) is 86.3. The summed E-state index contributed by atoms with van der Waals surface area (Å²) in [5.74, 6) is -17.1. The molecule has 0 aliphatic carbocycles. The number of H-pyrrole nitrogens is 2. The third kappa shape index (κ3) is 37.6. The Balaban J connectivity index is 1.28. The Kier molecular flexibility index (Phi) is 40.2. The maximum absolute atomic E-state index is 14.7. The lowest BCUT2D eigenvalue weighted by Crippen LogP contribution is -2.58. The number of nitrogens with one attached hydrogen (secondary N) is 11. The fourth-order valence-electron chi connectivity index (χ4n) is 12.4. The standard InChI is InChI=1S/C72H96N18O25S2/c1-73-68(113)55(25-48-27-74-42-79-48)84-70(115)54(24-45-26-76-52-7-3-2-6-51(45)52)83-69(114)53(82-57(92)29-78-72(117)81-47-15-11-44(12-16-47)23-50(90(40-66(109)110)41-67(111)112)31-86(33-59(95)96)19-21-88(36-62(101)102)37-63(103)104)8-4-5-17-75-56(91)28-77-71(116)80-46-13-9-43(10-14-46)22-49(89(38-64(105)106)39-65(107)108)30-85(32-58(93)94)18-20-87(34-60(97)98)35-61(99)100/h2-3,6-7,9-16,26-27,42,49-50,53-55,76H,4-5,8,17-25,28-41H2,1H3,(H,73,113)(H,74,79)(H,75,91)(H,82,92)(H,83,114)(H,84,115)(H,93,94)(H,95,96)(H,97,98)(H,99,100)(H,101,102)(H,103,104)(H,105,106)(H,107,108)(H,109,110)(H,111,112)(H2,77,80,116)(H2,78,81,117)/t49?,50?,53-,54-,55-/m0/s1. The largest absolute Gasteiger partial charge is 0.480 e. The highest BCUT2D eigenvalue weighted by Gasteiger charge is 2.34. The number of benzene rings is 3. The van der Waals surface area contributed by atoms with Gasteiger partial charge in [-0.3, -0.25) is 101 Å². The molecular weight excluding hydrogens is 1580 g/mol. The van der Waals surface area contributed by atoms with E-state index in [9.17, 15) is 123 Å². The quantitative estimate of drug-likeness (QED) is 0.0133. The number of aliphatic carboxylic acids is 10. The Morgan fingerprint density at radius 2 is 0.829 bits per heavy atom. The van der Waals surface area contributed by atoms with E-state index in [1.165, 1.54) is 29.4 Å². The van der Waals surface area contributed by atoms with Gasteiger partial charge in [0.25, 0.3) is 0 Å². The van der Waals surface area contributed by atoms with Gasteiger partial charge in [0.15, 0.2) is 10.2 Å². The lowest BCUT2D eigenvalue weighted by Gasteiger charge is -2.34. The van der Waals surface area contributed by atoms with Crippen LogP contribution in [0.5, 0.6) is 0 Å². The molecule has 45 heteroatoms. The molecule has 0 saturated heterocycles. The van der Waals surface area contributed by atoms with E-state index in [2.05, 4.69) is 62.8 Å². The van der Waals surface area contributed by atoms with E-state index < -0.39 is 191 Å². The maximum atomic E-state index is 14.7. The Bertz CT molecular complexity index is 4190. The number of anilines is 2. The van der Waals surface area contributed by atoms with Gasteiger partial charge in [-0.15, -0.1) is 0 Å². The van der Waals surface area contributed by atoms with Gasteiger partial charge in [-0.2, -0.15) is 0 Å². The van der Waals surface area contributed by atoms with Crippen molar-refractivity contribution in [1.29, 1.82) is 0 Å². The molecule has 21 N–H and O–H groups in total. The van der Waals surface area contributed by atoms with Crippen LogP contribution >= 0.6 is 24.4 Å². The van der Waals surface area contributed by atoms with Gasteiger partial charge in [-0.1, -0.05) is 42.5 Å². The van der Waals surface area contributed by atoms with Crippen molar-refractivity contribution < 1.29 is 123 Å². The number of imidazole rings is 1. The second kappa shape index (κ2) is 49.4. The van der Waals surface area contributed by atoms with Crippen LogP contribution in [-0.2, 0) is 97.6 Å². The molecule has 0 radical (unpaired) electrons. The van der Waals surface area contributed by atoms with Gasteiger partial charge in [0, 0.05) is 118 Å². The van der Waals surface area contributed by atoms with Gasteiger partial charge in [-0.05, 0) is 104 Å². The fraction of sp³-hybridized carbons (Fsp3) is 0.444. The second-order valence-electron chi connectivity index (χ2n) is 26.9. The number of likely N-dealkylation sites (N-methyl/N-ethyl adjacent to an activating group) is 1. The van der Waals surface area contributed by atoms with Crippen LogP contribution in [0.25, 0.3) is 10.9 Å². The number of hydrogen-bond donors (Lipinski definition) is 21. The molecule has 0 aliphatic rings. The Morgan fingerprint density at radius 1 is 0.427 bits per heavy atom. The number of amides is 5. The lowest BCUT2D eigenvalue weighted by molar-refractivity contribution is -0.145. The molecule has 0 bridgehead atoms. The molecule has 3 aromatic carbocycles. The number of carbonyl (C=O) groups is 15. The number of thiocarbonyl (C=S) groups is 2. The molecule has 5 amide bonds. The highest BCUT2D eigenvalue weighted by Crippen LogP contribution is 2.22. The highest BCUT2D eigenvalue weighted by atomic mass is 32.1. The van der Waals surface area contributed by atoms with E-state index in [0.29, 0.717) is 33.8 Å². The summed E-state index contributed by atoms with van der Waals surface area (Å²) in [6.45, 7) is -9.43. The van der Waals surface area contributed by atoms with Crippen LogP contribution in [-0.4, -0.2) is 356 Å². The predicted molar refractivity (Wildman–Crippen MR) is 423 cm³/mol. The molecule has 43 nitrogen and oxygen atoms in total. The molecule has 2 aromatic heterocycles. The number of nitrogens with zero attached hydrogens (tertiary/aromatic N) is 7. The van der Waals surface area contributed by atoms with Crippen LogP contribution < -0.4 is 47.9 Å². The summed E-state index contributed by atoms with van der Waals surface area (Å²) in [7, 11) is 1.38. The Labute approximate surface area is 678 Å². The molecule has 2 unspecified atom stereocenters. The van der Waals surface area contributed by atoms with Gasteiger partial charge >= 0.3 is 59.7 Å². The Hall–Kier alpha value is -12.4. The Morgan fingerprint density at radius 3 is 1.25 bits per heavy atom. The minimum atomic E-state index is -1.40. The molecule has 117 heavy (non-hydrogen) atoms. The lowest BCUT2D eigenvalue weighted by atomic mass is 10.0. The normalized spacial score (nSPS) is 12.5. The predicted octanol–water partition coefficient (Wildman–Crippen LogP) is -3.38. The van der Waals surface area contributed by atoms with Crippen LogP contribution in [0, 0.1) is 0 Å². The molecule has 0 saturated carbocycles. The zero-order valence-corrected chi connectivity index (χ0v) is 65.1. The molecule has 636 valence electrons. The van der Waals surface area contributed by atoms with Crippen molar-refractivity contribution in [3.63, 3.8) is 0 Å². The fourth-order valence-corrected chi connectivity index (χ4v) is 12.7. The molecule has 2 heterocycles. The first-order chi connectivity index (χ1) is 55.5. The topological polar surface area (TPSA) is 631 Å². The summed E-state index contributed by atoms with van der Waals surface area (Å²) in [6, 6.07) is 13.9. The van der Waals surface area contributed by atoms with Crippen molar-refractivity contribution in [3.8, 4) is 0 Å². The van der Waals surface area contributed by atoms with Crippen LogP contribution in [0.15, 0.2) is 91.5 Å². The highest BCUT2D eigenvalue weighted by molar-refractivity contribution is 7.80. The summed E-state index contributed by atoms with van der Waals surface area (Å²) < 4.78 is 0. The maximum Gasteiger partial charge on any atom is 0.317 e. The second-order valence-corrected chi connectivity index (χ2v) is 27.7. The van der Waals surface area contributed by atoms with Crippen molar-refractivity contribution in [2.45, 2.75) is 75.2 Å². The summed E-state index contributed by atoms with van der Waals surface area (Å²) in [5.41, 5.74) is 3.61. The number of aromatic amines is 2. The average molecular weight is 1680 g/mol. The average Bonchev–Trinajstić information content (AvgIpc) is 1.68. The van der Waals surface area contributed by atoms with Gasteiger partial charge < -0.3 is 109 Å². The number of carboxylic acid groups (broad SMARTS) is 10. The minimum absolute atomic E-state index is 0.00697. The molecular formula is C72H96N18O25S2. The number of carboxylic acids is 10. The van der Waals surface area contributed by atoms with Gasteiger partial charge in [0.1, 0.15) is 18.1 Å². The summed E-state index contributed by atoms with van der Waals surface area (Å²) in [4.78, 5) is 205. The third-order valence-electron chi connectivity index (χ3n) is 17.6. The van der Waals surface area contributed by atoms with Crippen LogP contribution in [0.1, 0.15) is 41.6 Å². The third-order valence-corrected chi connectivity index (χ3v) is 18.1. The summed E-state index contributed by atoms with van der Waals surface area (Å²) in [5, 5.41) is 122. The van der Waals surface area contributed by atoms with Gasteiger partial charge in [0.05, 0.1) is 84.9 Å². The van der Waals surface area contributed by atoms with E-state index in [-0.39, 0.29) is 108 Å². The molecule has 5 atom stereocenters. The van der Waals surface area contributed by atoms with Gasteiger partial charge in [0.2, 0.25) is 29.5 Å². The number of para-hydroxylation sites is 1. The van der Waals surface area contributed by atoms with Crippen molar-refractivity contribution >= 4 is 146 Å². The first-order valence-corrected chi connectivity index (χ1v) is 37.0. The monoisotopic (exact) mass is 1680 g/mol. The number of aromatic nitrogens is 3. The van der Waals surface area contributed by atoms with Crippen LogP contribution in [0.4, 0.5) is 11.4 Å². The molecule has 0 spiro atoms. The number of unbranched alkanes of at least 4 members (excludes halogenated alkanes) is 1. The first-order valence-electron chi connectivity index (χ1n) is 36.2. The summed E-state index contributed by atoms with van der Waals surface area (Å²) >= 11 is 11.0. The van der Waals surface area contributed by atoms with Crippen LogP contribution in [0.3, 0.4) is 0 Å². The van der Waals surface area contributed by atoms with E-state index in [1.807, 2.05) is 12.1 Å². The van der Waals surface area contributed by atoms with E-state index in [1.54, 1.807) is 66.9 Å². The van der Waals surface area contributed by atoms with E-state index in [4.69, 9.17) is 24.4 Å². The van der Waals surface area contributed by atoms with Crippen molar-refractivity contribution in [3.05, 3.63) is 114 Å². The van der Waals surface area contributed by atoms with Crippen molar-refractivity contribution in [2.75, 3.05) is 142 Å². The first kappa shape index (κ1) is 95.2. The minimum Gasteiger partial charge on any atom is -0.480 e.